The standard InChI is InChI=1S/C12H12N2O2/c15-8-7-13-11-6-5-9-3-1-2-4-10(9)12(11)14-16/h1-6,13,15H,7-8H2. The molecule has 0 spiro atoms. The average molecular weight is 216 g/mol. The average Bonchev–Trinajstić information content (AvgIpc) is 2.35. The Balaban J connectivity index is 2.54. The summed E-state index contributed by atoms with van der Waals surface area (Å²) in [6.45, 7) is 0.423. The predicted octanol–water partition coefficient (Wildman–Crippen LogP) is 2.64. The molecule has 0 saturated heterocycles. The zero-order valence-corrected chi connectivity index (χ0v) is 8.68. The molecule has 0 fully saturated rings. The molecule has 2 rings (SSSR count). The number of hydrogen-bond acceptors (Lipinski definition) is 4. The Morgan fingerprint density at radius 3 is 2.75 bits per heavy atom. The first-order valence-corrected chi connectivity index (χ1v) is 5.06. The number of hydrogen-bond donors (Lipinski definition) is 2. The van der Waals surface area contributed by atoms with Gasteiger partial charge in [0.2, 0.25) is 0 Å². The van der Waals surface area contributed by atoms with E-state index in [4.69, 9.17) is 5.11 Å². The summed E-state index contributed by atoms with van der Waals surface area (Å²) in [6.07, 6.45) is 0. The molecule has 2 N–H and O–H groups in total. The van der Waals surface area contributed by atoms with Gasteiger partial charge in [0.1, 0.15) is 5.69 Å². The van der Waals surface area contributed by atoms with Crippen molar-refractivity contribution in [1.29, 1.82) is 0 Å². The van der Waals surface area contributed by atoms with Crippen molar-refractivity contribution < 1.29 is 5.11 Å². The molecule has 4 heteroatoms. The number of rotatable bonds is 4. The molecule has 2 aromatic carbocycles. The highest BCUT2D eigenvalue weighted by molar-refractivity contribution is 5.98. The van der Waals surface area contributed by atoms with Gasteiger partial charge in [-0.3, -0.25) is 0 Å². The van der Waals surface area contributed by atoms with Gasteiger partial charge in [-0.2, -0.15) is 0 Å². The van der Waals surface area contributed by atoms with Crippen LogP contribution in [0.1, 0.15) is 0 Å². The lowest BCUT2D eigenvalue weighted by Gasteiger charge is -2.08. The molecule has 0 unspecified atom stereocenters. The lowest BCUT2D eigenvalue weighted by Crippen LogP contribution is -2.05. The summed E-state index contributed by atoms with van der Waals surface area (Å²) >= 11 is 0. The molecule has 0 heterocycles. The first-order chi connectivity index (χ1) is 7.86. The topological polar surface area (TPSA) is 61.7 Å². The van der Waals surface area contributed by atoms with Gasteiger partial charge in [-0.05, 0) is 16.6 Å². The zero-order chi connectivity index (χ0) is 11.4. The number of nitrogens with one attached hydrogen (secondary N) is 1. The number of nitroso groups, excluding NO2 is 1. The number of anilines is 1. The van der Waals surface area contributed by atoms with Crippen LogP contribution >= 0.6 is 0 Å². The second-order valence-electron chi connectivity index (χ2n) is 3.42. The van der Waals surface area contributed by atoms with Gasteiger partial charge in [-0.1, -0.05) is 30.3 Å². The van der Waals surface area contributed by atoms with Crippen LogP contribution in [0.15, 0.2) is 41.6 Å². The third-order valence-electron chi connectivity index (χ3n) is 2.42. The number of aliphatic hydroxyl groups excluding tert-OH is 1. The predicted molar refractivity (Wildman–Crippen MR) is 65.0 cm³/mol. The zero-order valence-electron chi connectivity index (χ0n) is 8.68. The largest absolute Gasteiger partial charge is 0.395 e. The van der Waals surface area contributed by atoms with E-state index >= 15 is 0 Å². The summed E-state index contributed by atoms with van der Waals surface area (Å²) in [6, 6.07) is 11.3. The highest BCUT2D eigenvalue weighted by atomic mass is 16.3. The molecule has 0 saturated carbocycles. The fraction of sp³-hybridized carbons (Fsp3) is 0.167. The molecule has 2 aromatic rings. The molecular formula is C12H12N2O2. The van der Waals surface area contributed by atoms with Crippen molar-refractivity contribution in [2.75, 3.05) is 18.5 Å². The van der Waals surface area contributed by atoms with Crippen LogP contribution in [0.5, 0.6) is 0 Å². The van der Waals surface area contributed by atoms with Gasteiger partial charge in [-0.15, -0.1) is 4.91 Å². The van der Waals surface area contributed by atoms with Crippen LogP contribution in [-0.2, 0) is 0 Å². The SMILES string of the molecule is O=Nc1c(NCCO)ccc2ccccc12. The van der Waals surface area contributed by atoms with Crippen LogP contribution in [0, 0.1) is 4.91 Å². The van der Waals surface area contributed by atoms with Crippen LogP contribution in [0.3, 0.4) is 0 Å². The lowest BCUT2D eigenvalue weighted by molar-refractivity contribution is 0.311. The number of nitrogens with zero attached hydrogens (tertiary/aromatic N) is 1. The van der Waals surface area contributed by atoms with Crippen molar-refractivity contribution in [2.45, 2.75) is 0 Å². The first-order valence-electron chi connectivity index (χ1n) is 5.06. The van der Waals surface area contributed by atoms with Crippen LogP contribution in [0.25, 0.3) is 10.8 Å². The minimum atomic E-state index is 0.0190. The normalized spacial score (nSPS) is 10.3. The van der Waals surface area contributed by atoms with Crippen molar-refractivity contribution in [1.82, 2.24) is 0 Å². The van der Waals surface area contributed by atoms with Gasteiger partial charge >= 0.3 is 0 Å². The fourth-order valence-electron chi connectivity index (χ4n) is 1.69. The monoisotopic (exact) mass is 216 g/mol. The molecule has 0 radical (unpaired) electrons. The Morgan fingerprint density at radius 2 is 2.00 bits per heavy atom. The van der Waals surface area contributed by atoms with Crippen LogP contribution in [0.2, 0.25) is 0 Å². The van der Waals surface area contributed by atoms with Crippen LogP contribution in [-0.4, -0.2) is 18.3 Å². The molecule has 0 aliphatic carbocycles. The third kappa shape index (κ3) is 1.87. The van der Waals surface area contributed by atoms with E-state index in [1.807, 2.05) is 30.3 Å². The highest BCUT2D eigenvalue weighted by Gasteiger charge is 2.06. The minimum absolute atomic E-state index is 0.0190. The molecule has 16 heavy (non-hydrogen) atoms. The van der Waals surface area contributed by atoms with Gasteiger partial charge in [0, 0.05) is 11.9 Å². The lowest BCUT2D eigenvalue weighted by atomic mass is 10.1. The quantitative estimate of drug-likeness (QED) is 0.772. The van der Waals surface area contributed by atoms with E-state index in [1.165, 1.54) is 0 Å². The summed E-state index contributed by atoms with van der Waals surface area (Å²) in [7, 11) is 0. The summed E-state index contributed by atoms with van der Waals surface area (Å²) in [5, 5.41) is 16.6. The summed E-state index contributed by atoms with van der Waals surface area (Å²) in [5.74, 6) is 0. The smallest absolute Gasteiger partial charge is 0.138 e. The minimum Gasteiger partial charge on any atom is -0.395 e. The van der Waals surface area contributed by atoms with E-state index in [1.54, 1.807) is 6.07 Å². The second-order valence-corrected chi connectivity index (χ2v) is 3.42. The molecule has 0 aliphatic rings. The highest BCUT2D eigenvalue weighted by Crippen LogP contribution is 2.33. The van der Waals surface area contributed by atoms with Crippen LogP contribution < -0.4 is 5.32 Å². The van der Waals surface area contributed by atoms with Gasteiger partial charge in [0.25, 0.3) is 0 Å². The maximum atomic E-state index is 10.9. The van der Waals surface area contributed by atoms with E-state index < -0.39 is 0 Å². The van der Waals surface area contributed by atoms with Crippen molar-refractivity contribution in [3.63, 3.8) is 0 Å². The maximum Gasteiger partial charge on any atom is 0.138 e. The third-order valence-corrected chi connectivity index (χ3v) is 2.42. The molecule has 0 atom stereocenters. The number of benzene rings is 2. The first kappa shape index (κ1) is 10.6. The van der Waals surface area contributed by atoms with Crippen molar-refractivity contribution in [3.8, 4) is 0 Å². The van der Waals surface area contributed by atoms with E-state index in [0.717, 1.165) is 10.8 Å². The van der Waals surface area contributed by atoms with Crippen LogP contribution in [0.4, 0.5) is 11.4 Å². The van der Waals surface area contributed by atoms with Crippen molar-refractivity contribution >= 4 is 22.1 Å². The maximum absolute atomic E-state index is 10.9. The Hall–Kier alpha value is -1.94. The van der Waals surface area contributed by atoms with E-state index in [2.05, 4.69) is 10.5 Å². The summed E-state index contributed by atoms with van der Waals surface area (Å²) < 4.78 is 0. The molecule has 4 nitrogen and oxygen atoms in total. The molecule has 0 aromatic heterocycles. The van der Waals surface area contributed by atoms with E-state index in [-0.39, 0.29) is 6.61 Å². The Bertz CT molecular complexity index is 511. The van der Waals surface area contributed by atoms with Crippen molar-refractivity contribution in [2.24, 2.45) is 5.18 Å². The van der Waals surface area contributed by atoms with E-state index in [0.29, 0.717) is 17.9 Å². The summed E-state index contributed by atoms with van der Waals surface area (Å²) in [5.41, 5.74) is 1.05. The Kier molecular flexibility index (Phi) is 3.12. The van der Waals surface area contributed by atoms with Crippen molar-refractivity contribution in [3.05, 3.63) is 41.3 Å². The van der Waals surface area contributed by atoms with Gasteiger partial charge in [0.05, 0.1) is 12.3 Å². The Morgan fingerprint density at radius 1 is 1.19 bits per heavy atom. The van der Waals surface area contributed by atoms with Gasteiger partial charge in [0.15, 0.2) is 0 Å². The van der Waals surface area contributed by atoms with E-state index in [9.17, 15) is 4.91 Å². The number of aliphatic hydroxyl groups is 1. The molecule has 0 bridgehead atoms. The molecule has 82 valence electrons. The molecule has 0 aliphatic heterocycles. The van der Waals surface area contributed by atoms with Gasteiger partial charge < -0.3 is 10.4 Å². The second kappa shape index (κ2) is 4.72. The molecule has 0 amide bonds. The summed E-state index contributed by atoms with van der Waals surface area (Å²) in [4.78, 5) is 10.9. The molecular weight excluding hydrogens is 204 g/mol. The fourth-order valence-corrected chi connectivity index (χ4v) is 1.69. The van der Waals surface area contributed by atoms with Gasteiger partial charge in [-0.25, -0.2) is 0 Å². The number of fused-ring (bicyclic) bond motifs is 1. The Labute approximate surface area is 92.9 Å².